The second-order valence-corrected chi connectivity index (χ2v) is 7.51. The van der Waals surface area contributed by atoms with E-state index in [0.29, 0.717) is 0 Å². The van der Waals surface area contributed by atoms with Gasteiger partial charge in [-0.25, -0.2) is 0 Å². The van der Waals surface area contributed by atoms with Gasteiger partial charge in [-0.1, -0.05) is 36.4 Å². The summed E-state index contributed by atoms with van der Waals surface area (Å²) in [4.78, 5) is 6.12. The van der Waals surface area contributed by atoms with Crippen LogP contribution in [-0.2, 0) is 0 Å². The van der Waals surface area contributed by atoms with Crippen molar-refractivity contribution in [1.82, 2.24) is 0 Å². The lowest BCUT2D eigenvalue weighted by Gasteiger charge is -2.09. The van der Waals surface area contributed by atoms with Crippen LogP contribution in [0.25, 0.3) is 11.1 Å². The highest BCUT2D eigenvalue weighted by molar-refractivity contribution is 7.12. The summed E-state index contributed by atoms with van der Waals surface area (Å²) in [5.74, 6) is 0.115. The highest BCUT2D eigenvalue weighted by Gasteiger charge is 2.43. The minimum atomic E-state index is -3.59. The number of alkyl halides is 2. The fourth-order valence-electron chi connectivity index (χ4n) is 3.49. The predicted molar refractivity (Wildman–Crippen MR) is 101 cm³/mol. The molecule has 0 spiro atoms. The van der Waals surface area contributed by atoms with Crippen molar-refractivity contribution in [2.45, 2.75) is 25.2 Å². The van der Waals surface area contributed by atoms with Crippen molar-refractivity contribution in [3.63, 3.8) is 0 Å². The standard InChI is InChI=1S/C21H15F2NO2S/c22-21(23)25-18-10-7-15(12-19(18)26-21)13-3-5-14(6-4-13)16-8-9-17(24-16)20-2-1-11-27-20/h1-7,10-12,16H,8-9H2. The third-order valence-corrected chi connectivity index (χ3v) is 5.72. The number of nitrogens with zero attached hydrogens (tertiary/aromatic N) is 1. The van der Waals surface area contributed by atoms with E-state index in [4.69, 9.17) is 4.99 Å². The molecule has 0 saturated heterocycles. The second kappa shape index (κ2) is 6.16. The number of ether oxygens (including phenoxy) is 2. The summed E-state index contributed by atoms with van der Waals surface area (Å²) >= 11 is 1.72. The van der Waals surface area contributed by atoms with E-state index in [0.717, 1.165) is 29.5 Å². The average molecular weight is 383 g/mol. The van der Waals surface area contributed by atoms with Crippen molar-refractivity contribution in [1.29, 1.82) is 0 Å². The molecular formula is C21H15F2NO2S. The van der Waals surface area contributed by atoms with E-state index in [2.05, 4.69) is 33.1 Å². The van der Waals surface area contributed by atoms with Gasteiger partial charge in [0.15, 0.2) is 11.5 Å². The van der Waals surface area contributed by atoms with Crippen LogP contribution < -0.4 is 9.47 Å². The Bertz CT molecular complexity index is 1010. The molecule has 0 radical (unpaired) electrons. The quantitative estimate of drug-likeness (QED) is 0.550. The van der Waals surface area contributed by atoms with Gasteiger partial charge in [0.25, 0.3) is 0 Å². The molecule has 27 heavy (non-hydrogen) atoms. The summed E-state index contributed by atoms with van der Waals surface area (Å²) in [7, 11) is 0. The fraction of sp³-hybridized carbons (Fsp3) is 0.190. The van der Waals surface area contributed by atoms with Crippen molar-refractivity contribution in [3.05, 3.63) is 70.4 Å². The van der Waals surface area contributed by atoms with Gasteiger partial charge < -0.3 is 9.47 Å². The minimum absolute atomic E-state index is 0.0572. The second-order valence-electron chi connectivity index (χ2n) is 6.56. The molecule has 6 heteroatoms. The molecule has 1 atom stereocenters. The highest BCUT2D eigenvalue weighted by Crippen LogP contribution is 2.43. The summed E-state index contributed by atoms with van der Waals surface area (Å²) in [5.41, 5.74) is 4.07. The van der Waals surface area contributed by atoms with Gasteiger partial charge in [0, 0.05) is 4.88 Å². The summed E-state index contributed by atoms with van der Waals surface area (Å²) in [6.07, 6.45) is -1.60. The highest BCUT2D eigenvalue weighted by atomic mass is 32.1. The maximum Gasteiger partial charge on any atom is 0.586 e. The predicted octanol–water partition coefficient (Wildman–Crippen LogP) is 6.06. The normalized spacial score (nSPS) is 19.9. The largest absolute Gasteiger partial charge is 0.586 e. The molecule has 1 unspecified atom stereocenters. The van der Waals surface area contributed by atoms with Gasteiger partial charge in [0.2, 0.25) is 0 Å². The van der Waals surface area contributed by atoms with E-state index in [1.54, 1.807) is 23.5 Å². The van der Waals surface area contributed by atoms with Crippen LogP contribution in [0.3, 0.4) is 0 Å². The molecular weight excluding hydrogens is 368 g/mol. The Balaban J connectivity index is 1.37. The number of hydrogen-bond donors (Lipinski definition) is 0. The van der Waals surface area contributed by atoms with Crippen LogP contribution in [0, 0.1) is 0 Å². The number of thiophene rings is 1. The summed E-state index contributed by atoms with van der Waals surface area (Å²) in [6, 6.07) is 17.3. The van der Waals surface area contributed by atoms with E-state index in [1.807, 2.05) is 18.2 Å². The lowest BCUT2D eigenvalue weighted by Crippen LogP contribution is -2.25. The van der Waals surface area contributed by atoms with Gasteiger partial charge in [-0.05, 0) is 53.1 Å². The zero-order chi connectivity index (χ0) is 18.4. The number of aliphatic imine (C=N–C) groups is 1. The van der Waals surface area contributed by atoms with Gasteiger partial charge in [-0.2, -0.15) is 0 Å². The summed E-state index contributed by atoms with van der Waals surface area (Å²) < 4.78 is 35.3. The number of hydrogen-bond acceptors (Lipinski definition) is 4. The van der Waals surface area contributed by atoms with Crippen molar-refractivity contribution in [2.75, 3.05) is 0 Å². The minimum Gasteiger partial charge on any atom is -0.395 e. The first-order chi connectivity index (χ1) is 13.1. The molecule has 3 nitrogen and oxygen atoms in total. The SMILES string of the molecule is FC1(F)Oc2ccc(-c3ccc(C4CCC(c5cccs5)=N4)cc3)cc2O1. The molecule has 0 aliphatic carbocycles. The van der Waals surface area contributed by atoms with Crippen molar-refractivity contribution in [3.8, 4) is 22.6 Å². The monoisotopic (exact) mass is 383 g/mol. The third-order valence-electron chi connectivity index (χ3n) is 4.80. The maximum absolute atomic E-state index is 13.2. The Morgan fingerprint density at radius 3 is 2.52 bits per heavy atom. The van der Waals surface area contributed by atoms with Crippen molar-refractivity contribution >= 4 is 17.0 Å². The first-order valence-electron chi connectivity index (χ1n) is 8.68. The lowest BCUT2D eigenvalue weighted by molar-refractivity contribution is -0.286. The van der Waals surface area contributed by atoms with Crippen LogP contribution in [0.2, 0.25) is 0 Å². The molecule has 3 heterocycles. The van der Waals surface area contributed by atoms with Gasteiger partial charge in [-0.3, -0.25) is 4.99 Å². The Hall–Kier alpha value is -2.73. The first-order valence-corrected chi connectivity index (χ1v) is 9.56. The number of benzene rings is 2. The van der Waals surface area contributed by atoms with Gasteiger partial charge >= 0.3 is 6.29 Å². The number of halogens is 2. The van der Waals surface area contributed by atoms with E-state index in [9.17, 15) is 8.78 Å². The van der Waals surface area contributed by atoms with Gasteiger partial charge in [0.05, 0.1) is 11.8 Å². The molecule has 5 rings (SSSR count). The van der Waals surface area contributed by atoms with E-state index in [-0.39, 0.29) is 17.5 Å². The van der Waals surface area contributed by atoms with Crippen molar-refractivity contribution < 1.29 is 18.3 Å². The fourth-order valence-corrected chi connectivity index (χ4v) is 4.24. The first kappa shape index (κ1) is 16.4. The Kier molecular flexibility index (Phi) is 3.75. The van der Waals surface area contributed by atoms with Crippen LogP contribution >= 0.6 is 11.3 Å². The topological polar surface area (TPSA) is 30.8 Å². The molecule has 0 amide bonds. The summed E-state index contributed by atoms with van der Waals surface area (Å²) in [5, 5.41) is 2.07. The number of rotatable bonds is 3. The third kappa shape index (κ3) is 3.10. The van der Waals surface area contributed by atoms with Crippen LogP contribution in [0.1, 0.15) is 29.3 Å². The molecule has 2 aliphatic rings. The zero-order valence-corrected chi connectivity index (χ0v) is 15.0. The molecule has 0 bridgehead atoms. The molecule has 136 valence electrons. The average Bonchev–Trinajstić information content (AvgIpc) is 3.39. The Labute approximate surface area is 158 Å². The smallest absolute Gasteiger partial charge is 0.395 e. The Morgan fingerprint density at radius 2 is 1.74 bits per heavy atom. The maximum atomic E-state index is 13.2. The zero-order valence-electron chi connectivity index (χ0n) is 14.2. The van der Waals surface area contributed by atoms with Crippen LogP contribution in [-0.4, -0.2) is 12.0 Å². The van der Waals surface area contributed by atoms with E-state index < -0.39 is 6.29 Å². The van der Waals surface area contributed by atoms with Crippen LogP contribution in [0.5, 0.6) is 11.5 Å². The molecule has 3 aromatic rings. The number of fused-ring (bicyclic) bond motifs is 1. The molecule has 1 aromatic heterocycles. The van der Waals surface area contributed by atoms with Crippen LogP contribution in [0.4, 0.5) is 8.78 Å². The van der Waals surface area contributed by atoms with E-state index in [1.165, 1.54) is 16.7 Å². The van der Waals surface area contributed by atoms with Crippen molar-refractivity contribution in [2.24, 2.45) is 4.99 Å². The van der Waals surface area contributed by atoms with Gasteiger partial charge in [-0.15, -0.1) is 20.1 Å². The molecule has 2 aliphatic heterocycles. The van der Waals surface area contributed by atoms with Gasteiger partial charge in [0.1, 0.15) is 0 Å². The molecule has 2 aromatic carbocycles. The molecule has 0 N–H and O–H groups in total. The van der Waals surface area contributed by atoms with Crippen LogP contribution in [0.15, 0.2) is 65.0 Å². The van der Waals surface area contributed by atoms with E-state index >= 15 is 0 Å². The Morgan fingerprint density at radius 1 is 0.963 bits per heavy atom. The lowest BCUT2D eigenvalue weighted by atomic mass is 9.99. The summed E-state index contributed by atoms with van der Waals surface area (Å²) in [6.45, 7) is 0. The molecule has 0 saturated carbocycles. The molecule has 0 fully saturated rings.